The Bertz CT molecular complexity index is 635. The smallest absolute Gasteiger partial charge is 0.226 e. The van der Waals surface area contributed by atoms with Crippen molar-refractivity contribution in [3.05, 3.63) is 40.9 Å². The summed E-state index contributed by atoms with van der Waals surface area (Å²) >= 11 is 1.54. The molecule has 0 saturated carbocycles. The molecule has 1 amide bonds. The summed E-state index contributed by atoms with van der Waals surface area (Å²) in [7, 11) is 0. The fourth-order valence-electron chi connectivity index (χ4n) is 1.92. The number of benzene rings is 1. The van der Waals surface area contributed by atoms with Crippen LogP contribution in [-0.4, -0.2) is 28.1 Å². The number of aryl methyl sites for hydroxylation is 1. The van der Waals surface area contributed by atoms with Gasteiger partial charge in [-0.25, -0.2) is 4.98 Å². The van der Waals surface area contributed by atoms with Gasteiger partial charge in [0.15, 0.2) is 0 Å². The summed E-state index contributed by atoms with van der Waals surface area (Å²) in [4.78, 5) is 16.4. The molecule has 2 N–H and O–H groups in total. The number of aromatic nitrogens is 1. The summed E-state index contributed by atoms with van der Waals surface area (Å²) in [5, 5.41) is 14.8. The molecule has 0 unspecified atom stereocenters. The second-order valence-electron chi connectivity index (χ2n) is 5.78. The molecule has 0 aliphatic rings. The number of aliphatic hydroxyl groups excluding tert-OH is 1. The molecular formula is C16H20N2O2S. The van der Waals surface area contributed by atoms with Crippen LogP contribution in [0.15, 0.2) is 29.6 Å². The number of hydrogen-bond acceptors (Lipinski definition) is 4. The number of carbonyl (C=O) groups excluding carboxylic acids is 1. The first-order valence-electron chi connectivity index (χ1n) is 6.83. The minimum Gasteiger partial charge on any atom is -0.394 e. The highest BCUT2D eigenvalue weighted by molar-refractivity contribution is 7.13. The molecule has 4 nitrogen and oxygen atoms in total. The molecule has 2 rings (SSSR count). The lowest BCUT2D eigenvalue weighted by atomic mass is 10.1. The van der Waals surface area contributed by atoms with Crippen molar-refractivity contribution in [2.45, 2.75) is 32.7 Å². The lowest BCUT2D eigenvalue weighted by molar-refractivity contribution is -0.122. The van der Waals surface area contributed by atoms with E-state index in [1.54, 1.807) is 13.8 Å². The number of hydrogen-bond donors (Lipinski definition) is 2. The fraction of sp³-hybridized carbons (Fsp3) is 0.375. The van der Waals surface area contributed by atoms with E-state index in [0.29, 0.717) is 0 Å². The molecule has 0 fully saturated rings. The molecule has 1 aromatic heterocycles. The van der Waals surface area contributed by atoms with Crippen molar-refractivity contribution < 1.29 is 9.90 Å². The predicted octanol–water partition coefficient (Wildman–Crippen LogP) is 2.55. The Balaban J connectivity index is 2.05. The summed E-state index contributed by atoms with van der Waals surface area (Å²) in [5.74, 6) is -0.129. The first-order valence-corrected chi connectivity index (χ1v) is 7.71. The molecular weight excluding hydrogens is 284 g/mol. The van der Waals surface area contributed by atoms with E-state index >= 15 is 0 Å². The van der Waals surface area contributed by atoms with E-state index in [-0.39, 0.29) is 18.9 Å². The van der Waals surface area contributed by atoms with E-state index in [1.807, 2.05) is 30.5 Å². The zero-order valence-electron chi connectivity index (χ0n) is 12.5. The van der Waals surface area contributed by atoms with Crippen LogP contribution in [0.1, 0.15) is 25.1 Å². The van der Waals surface area contributed by atoms with Crippen LogP contribution < -0.4 is 5.32 Å². The maximum atomic E-state index is 11.9. The van der Waals surface area contributed by atoms with Gasteiger partial charge in [-0.05, 0) is 26.8 Å². The molecule has 0 radical (unpaired) electrons. The number of thiazole rings is 1. The summed E-state index contributed by atoms with van der Waals surface area (Å²) in [6.07, 6.45) is 0.228. The highest BCUT2D eigenvalue weighted by Crippen LogP contribution is 2.24. The third kappa shape index (κ3) is 4.37. The van der Waals surface area contributed by atoms with E-state index in [0.717, 1.165) is 16.3 Å². The monoisotopic (exact) mass is 304 g/mol. The predicted molar refractivity (Wildman–Crippen MR) is 85.3 cm³/mol. The average Bonchev–Trinajstić information content (AvgIpc) is 2.86. The largest absolute Gasteiger partial charge is 0.394 e. The third-order valence-electron chi connectivity index (χ3n) is 3.03. The molecule has 1 aromatic carbocycles. The van der Waals surface area contributed by atoms with E-state index < -0.39 is 5.54 Å². The van der Waals surface area contributed by atoms with Crippen LogP contribution >= 0.6 is 11.3 Å². The van der Waals surface area contributed by atoms with Crippen molar-refractivity contribution in [2.24, 2.45) is 0 Å². The Morgan fingerprint density at radius 3 is 2.86 bits per heavy atom. The lowest BCUT2D eigenvalue weighted by Crippen LogP contribution is -2.46. The van der Waals surface area contributed by atoms with Crippen LogP contribution in [-0.2, 0) is 11.2 Å². The summed E-state index contributed by atoms with van der Waals surface area (Å²) in [6, 6.07) is 8.15. The Kier molecular flexibility index (Phi) is 4.75. The zero-order valence-corrected chi connectivity index (χ0v) is 13.3. The fourth-order valence-corrected chi connectivity index (χ4v) is 2.74. The van der Waals surface area contributed by atoms with Gasteiger partial charge in [0.1, 0.15) is 5.01 Å². The van der Waals surface area contributed by atoms with Crippen molar-refractivity contribution in [3.8, 4) is 10.6 Å². The van der Waals surface area contributed by atoms with Gasteiger partial charge >= 0.3 is 0 Å². The first-order chi connectivity index (χ1) is 9.89. The van der Waals surface area contributed by atoms with Crippen LogP contribution in [0.5, 0.6) is 0 Å². The maximum absolute atomic E-state index is 11.9. The van der Waals surface area contributed by atoms with Gasteiger partial charge in [0, 0.05) is 10.9 Å². The highest BCUT2D eigenvalue weighted by Gasteiger charge is 2.19. The van der Waals surface area contributed by atoms with E-state index in [1.165, 1.54) is 16.9 Å². The summed E-state index contributed by atoms with van der Waals surface area (Å²) < 4.78 is 0. The Hall–Kier alpha value is -1.72. The molecule has 0 aliphatic heterocycles. The van der Waals surface area contributed by atoms with Crippen molar-refractivity contribution in [2.75, 3.05) is 6.61 Å². The molecule has 0 atom stereocenters. The van der Waals surface area contributed by atoms with Crippen LogP contribution in [0, 0.1) is 6.92 Å². The third-order valence-corrected chi connectivity index (χ3v) is 3.97. The highest BCUT2D eigenvalue weighted by atomic mass is 32.1. The van der Waals surface area contributed by atoms with Gasteiger partial charge < -0.3 is 10.4 Å². The molecule has 2 aromatic rings. The van der Waals surface area contributed by atoms with Gasteiger partial charge in [0.25, 0.3) is 0 Å². The average molecular weight is 304 g/mol. The molecule has 5 heteroatoms. The van der Waals surface area contributed by atoms with E-state index in [2.05, 4.69) is 16.4 Å². The summed E-state index contributed by atoms with van der Waals surface area (Å²) in [5.41, 5.74) is 2.41. The van der Waals surface area contributed by atoms with Gasteiger partial charge in [-0.2, -0.15) is 0 Å². The van der Waals surface area contributed by atoms with Crippen LogP contribution in [0.3, 0.4) is 0 Å². The topological polar surface area (TPSA) is 62.2 Å². The van der Waals surface area contributed by atoms with Crippen LogP contribution in [0.25, 0.3) is 10.6 Å². The minimum absolute atomic E-state index is 0.0929. The van der Waals surface area contributed by atoms with Crippen molar-refractivity contribution in [3.63, 3.8) is 0 Å². The number of nitrogens with zero attached hydrogens (tertiary/aromatic N) is 1. The second-order valence-corrected chi connectivity index (χ2v) is 6.64. The van der Waals surface area contributed by atoms with E-state index in [9.17, 15) is 4.79 Å². The molecule has 0 spiro atoms. The molecule has 21 heavy (non-hydrogen) atoms. The molecule has 112 valence electrons. The molecule has 0 bridgehead atoms. The number of aliphatic hydroxyl groups is 1. The molecule has 0 aliphatic carbocycles. The molecule has 1 heterocycles. The number of amides is 1. The maximum Gasteiger partial charge on any atom is 0.226 e. The van der Waals surface area contributed by atoms with Gasteiger partial charge in [-0.15, -0.1) is 11.3 Å². The zero-order chi connectivity index (χ0) is 15.5. The number of nitrogens with one attached hydrogen (secondary N) is 1. The van der Waals surface area contributed by atoms with Crippen LogP contribution in [0.4, 0.5) is 0 Å². The van der Waals surface area contributed by atoms with Gasteiger partial charge in [-0.3, -0.25) is 4.79 Å². The lowest BCUT2D eigenvalue weighted by Gasteiger charge is -2.23. The van der Waals surface area contributed by atoms with Gasteiger partial charge in [0.2, 0.25) is 5.91 Å². The normalized spacial score (nSPS) is 11.4. The summed E-state index contributed by atoms with van der Waals surface area (Å²) in [6.45, 7) is 5.51. The quantitative estimate of drug-likeness (QED) is 0.892. The van der Waals surface area contributed by atoms with Gasteiger partial charge in [0.05, 0.1) is 24.3 Å². The Labute approximate surface area is 128 Å². The second kappa shape index (κ2) is 6.37. The van der Waals surface area contributed by atoms with E-state index in [4.69, 9.17) is 5.11 Å². The Morgan fingerprint density at radius 1 is 1.43 bits per heavy atom. The first kappa shape index (κ1) is 15.7. The standard InChI is InChI=1S/C16H20N2O2S/c1-11-5-4-6-12(7-11)15-17-13(9-21-15)8-14(20)18-16(2,3)10-19/h4-7,9,19H,8,10H2,1-3H3,(H,18,20). The number of rotatable bonds is 5. The molecule has 0 saturated heterocycles. The van der Waals surface area contributed by atoms with Crippen molar-refractivity contribution in [1.82, 2.24) is 10.3 Å². The Morgan fingerprint density at radius 2 is 2.19 bits per heavy atom. The van der Waals surface area contributed by atoms with Crippen LogP contribution in [0.2, 0.25) is 0 Å². The van der Waals surface area contributed by atoms with Crippen molar-refractivity contribution in [1.29, 1.82) is 0 Å². The number of carbonyl (C=O) groups is 1. The minimum atomic E-state index is -0.605. The van der Waals surface area contributed by atoms with Crippen molar-refractivity contribution >= 4 is 17.2 Å². The SMILES string of the molecule is Cc1cccc(-c2nc(CC(=O)NC(C)(C)CO)cs2)c1. The van der Waals surface area contributed by atoms with Gasteiger partial charge in [-0.1, -0.05) is 23.8 Å².